The van der Waals surface area contributed by atoms with Crippen molar-refractivity contribution >= 4 is 146 Å². The topological polar surface area (TPSA) is 623 Å². The number of fused-ring (bicyclic) bond motifs is 4. The fourth-order valence-corrected chi connectivity index (χ4v) is 17.3. The van der Waals surface area contributed by atoms with Crippen molar-refractivity contribution < 1.29 is 107 Å². The minimum Gasteiger partial charge on any atom is -0.508 e. The van der Waals surface area contributed by atoms with Crippen LogP contribution in [0, 0.1) is 11.8 Å². The molecule has 0 saturated carbocycles. The van der Waals surface area contributed by atoms with Gasteiger partial charge in [0.1, 0.15) is 96.5 Å². The quantitative estimate of drug-likeness (QED) is 0.0305. The maximum absolute atomic E-state index is 15.9. The third kappa shape index (κ3) is 29.2. The number of benzene rings is 3. The number of thioether (sulfide) groups is 1. The second kappa shape index (κ2) is 50.2. The first-order valence-electron chi connectivity index (χ1n) is 45.0. The van der Waals surface area contributed by atoms with Gasteiger partial charge in [0.2, 0.25) is 88.6 Å². The Balaban J connectivity index is 1.21. The normalized spacial score (nSPS) is 24.7. The van der Waals surface area contributed by atoms with Crippen LogP contribution in [0.4, 0.5) is 0 Å². The number of aromatic hydroxyl groups is 1. The molecule has 3 aliphatic rings. The molecule has 134 heavy (non-hydrogen) atoms. The lowest BCUT2D eigenvalue weighted by atomic mass is 10.00. The zero-order chi connectivity index (χ0) is 98.6. The highest BCUT2D eigenvalue weighted by Crippen LogP contribution is 2.29. The van der Waals surface area contributed by atoms with E-state index in [1.807, 2.05) is 13.8 Å². The van der Waals surface area contributed by atoms with Crippen molar-refractivity contribution in [2.45, 2.75) is 236 Å². The first-order valence-corrected chi connectivity index (χ1v) is 46.2. The summed E-state index contributed by atoms with van der Waals surface area (Å²) >= 11 is 0.771. The van der Waals surface area contributed by atoms with Gasteiger partial charge in [-0.1, -0.05) is 116 Å². The minimum atomic E-state index is -1.90. The molecule has 0 bridgehead atoms. The average Bonchev–Trinajstić information content (AvgIpc) is 1.64. The van der Waals surface area contributed by atoms with Gasteiger partial charge in [0.15, 0.2) is 0 Å². The van der Waals surface area contributed by atoms with Crippen LogP contribution < -0.4 is 70.4 Å². The van der Waals surface area contributed by atoms with Crippen LogP contribution >= 0.6 is 11.8 Å². The molecule has 3 fully saturated rings. The summed E-state index contributed by atoms with van der Waals surface area (Å²) in [7, 11) is 3.83. The molecule has 730 valence electrons. The number of nitrogens with one attached hydrogen (secondary N) is 11. The number of aliphatic carboxylic acids is 2. The van der Waals surface area contributed by atoms with Crippen molar-refractivity contribution in [3.05, 3.63) is 108 Å². The number of carbonyl (C=O) groups excluding carboxylic acids is 16. The Hall–Kier alpha value is -13.0. The molecule has 16 amide bonds. The minimum absolute atomic E-state index is 0.0127. The lowest BCUT2D eigenvalue weighted by Crippen LogP contribution is -2.61. The predicted molar refractivity (Wildman–Crippen MR) is 494 cm³/mol. The van der Waals surface area contributed by atoms with E-state index in [1.54, 1.807) is 82.4 Å². The van der Waals surface area contributed by atoms with Crippen molar-refractivity contribution in [1.82, 2.24) is 87.2 Å². The molecule has 5 aromatic rings. The third-order valence-electron chi connectivity index (χ3n) is 23.7. The molecule has 2 aromatic heterocycles. The summed E-state index contributed by atoms with van der Waals surface area (Å²) in [6.45, 7) is 9.03. The van der Waals surface area contributed by atoms with Gasteiger partial charge in [0.25, 0.3) is 5.91 Å². The highest BCUT2D eigenvalue weighted by atomic mass is 32.2. The first kappa shape index (κ1) is 106. The van der Waals surface area contributed by atoms with Crippen molar-refractivity contribution in [3.8, 4) is 5.75 Å². The number of carboxylic acid groups (broad SMARTS) is 2. The van der Waals surface area contributed by atoms with Crippen molar-refractivity contribution in [3.63, 3.8) is 0 Å². The van der Waals surface area contributed by atoms with Gasteiger partial charge in [0, 0.05) is 106 Å². The monoisotopic (exact) mass is 1880 g/mol. The molecule has 3 aliphatic heterocycles. The number of rotatable bonds is 25. The molecule has 43 heteroatoms. The van der Waals surface area contributed by atoms with E-state index in [9.17, 15) is 73.2 Å². The number of aliphatic hydroxyl groups excluding tert-OH is 1. The highest BCUT2D eigenvalue weighted by Gasteiger charge is 2.47. The summed E-state index contributed by atoms with van der Waals surface area (Å²) in [5.74, 6) is -20.0. The Kier molecular flexibility index (Phi) is 39.8. The number of nitrogens with zero attached hydrogens (tertiary/aromatic N) is 6. The molecular weight excluding hydrogens is 1760 g/mol. The standard InChI is InChI=1S/C91H128N20O22S/c1-11-13-23-70-84(126)99-61(34-49(3)4)81(123)105-68(79(121)96-43-74(94)114)47-134-48-75(115)97-64(36-52-27-29-55(112)30-28-52)87(129)106(8)51(7)78(120)101-66(40-76(116)117)89(131)110-33-19-26-71(110)85(127)104-67(41-93)83(125)102-63(35-50(5)6)90(132)111-45-56(113)39-73(111)86(128)100-62(37-53-42-95-59-22-17-15-20-57(53)59)82(124)98-60(31-32-92)80(122)103-65(88(130)108(10)72(24-14-12-2)91(133)107(70)9)38-54-44-109(46-77(118)119)69-25-18-16-21-58(54)69/h15-18,20-22,25,27-30,38,42,44,49-51,56,60-64,66-68,70-73,95,112-113H,11-14,19,23-24,26,31-37,39-41,43,45-48,92-93H2,1-10H3,(H2,94,114)(H,96,121)(H,97,115)(H,98,124)(H,99,126)(H,100,128)(H,101,120)(H,102,125)(H,103,122)(H,104,127)(H,105,123)(H,116,117)(H,118,119)/b65-38-/t51-,56+,60-,61-,62-,63-,64-,66-,67-,68-,70-,71-,72-,73-/m0/s1. The SMILES string of the molecule is CCCC[C@H]1C(=O)N(C)[C@@H](CCCC)C(=O)N[C@@H](CC(C)C)C(=O)N[C@H](C(=O)NCC(N)=O)CSCC(=O)N[C@@H](Cc2ccc(O)cc2)C(=O)N(C)[C@@H](C)C(=O)N[C@@H](CC(=O)O)C(=O)N2CCC[C@H]2C(=O)N[C@@H](CN)C(=O)N[C@@H](CC(C)C)C(=O)N2C[C@H](O)C[C@H]2C(=O)N[C@@H](Cc2c[nH]c3ccccc23)C(=O)N[C@@H](CCN)C(=O)N/C(=C\c2cn(CC(=O)O)c3ccccc23)C(=O)N1C. The lowest BCUT2D eigenvalue weighted by molar-refractivity contribution is -0.147. The number of unbranched alkanes of at least 4 members (excludes halogenated alkanes) is 2. The van der Waals surface area contributed by atoms with E-state index in [1.165, 1.54) is 69.2 Å². The molecule has 14 atom stereocenters. The molecule has 3 saturated heterocycles. The summed E-state index contributed by atoms with van der Waals surface area (Å²) in [4.78, 5) is 270. The van der Waals surface area contributed by atoms with Crippen LogP contribution in [0.1, 0.15) is 149 Å². The molecule has 0 aliphatic carbocycles. The summed E-state index contributed by atoms with van der Waals surface area (Å²) in [5.41, 5.74) is 19.4. The molecular formula is C91H128N20O22S. The Labute approximate surface area is 780 Å². The summed E-state index contributed by atoms with van der Waals surface area (Å²) in [6, 6.07) is -1.14. The lowest BCUT2D eigenvalue weighted by Gasteiger charge is -2.35. The highest BCUT2D eigenvalue weighted by molar-refractivity contribution is 8.00. The van der Waals surface area contributed by atoms with Gasteiger partial charge >= 0.3 is 11.9 Å². The number of H-pyrrole nitrogens is 1. The Bertz CT molecular complexity index is 5120. The maximum Gasteiger partial charge on any atom is 0.323 e. The zero-order valence-electron chi connectivity index (χ0n) is 77.1. The van der Waals surface area contributed by atoms with Gasteiger partial charge in [0.05, 0.1) is 24.8 Å². The molecule has 21 N–H and O–H groups in total. The molecule has 8 rings (SSSR count). The smallest absolute Gasteiger partial charge is 0.323 e. The van der Waals surface area contributed by atoms with Crippen molar-refractivity contribution in [2.75, 3.05) is 65.4 Å². The van der Waals surface area contributed by atoms with E-state index >= 15 is 33.6 Å². The van der Waals surface area contributed by atoms with Crippen LogP contribution in [0.5, 0.6) is 5.75 Å². The number of nitrogens with two attached hydrogens (primary N) is 3. The van der Waals surface area contributed by atoms with Crippen molar-refractivity contribution in [2.24, 2.45) is 29.0 Å². The van der Waals surface area contributed by atoms with Crippen LogP contribution in [-0.4, -0.2) is 311 Å². The summed E-state index contributed by atoms with van der Waals surface area (Å²) in [6.07, 6.45) is 1.99. The van der Waals surface area contributed by atoms with E-state index in [0.29, 0.717) is 58.6 Å². The number of phenols is 1. The third-order valence-corrected chi connectivity index (χ3v) is 24.8. The number of primary amides is 1. The predicted octanol–water partition coefficient (Wildman–Crippen LogP) is -1.21. The zero-order valence-corrected chi connectivity index (χ0v) is 77.9. The van der Waals surface area contributed by atoms with Gasteiger partial charge in [-0.25, -0.2) is 0 Å². The van der Waals surface area contributed by atoms with Crippen LogP contribution in [0.15, 0.2) is 90.9 Å². The number of amides is 16. The number of likely N-dealkylation sites (N-methyl/N-ethyl adjacent to an activating group) is 3. The van der Waals surface area contributed by atoms with Crippen LogP contribution in [0.2, 0.25) is 0 Å². The van der Waals surface area contributed by atoms with E-state index in [0.717, 1.165) is 36.3 Å². The second-order valence-electron chi connectivity index (χ2n) is 34.9. The summed E-state index contributed by atoms with van der Waals surface area (Å²) in [5, 5.41) is 69.1. The van der Waals surface area contributed by atoms with Crippen LogP contribution in [-0.2, 0) is 106 Å². The largest absolute Gasteiger partial charge is 0.508 e. The number of phenolic OH excluding ortho intramolecular Hbond substituents is 1. The second-order valence-corrected chi connectivity index (χ2v) is 35.9. The Morgan fingerprint density at radius 3 is 1.82 bits per heavy atom. The number of hydrogen-bond acceptors (Lipinski definition) is 23. The van der Waals surface area contributed by atoms with Crippen LogP contribution in [0.3, 0.4) is 0 Å². The van der Waals surface area contributed by atoms with Crippen molar-refractivity contribution in [1.29, 1.82) is 0 Å². The number of para-hydroxylation sites is 2. The molecule has 42 nitrogen and oxygen atoms in total. The van der Waals surface area contributed by atoms with E-state index in [4.69, 9.17) is 17.2 Å². The van der Waals surface area contributed by atoms with Gasteiger partial charge < -0.3 is 125 Å². The first-order chi connectivity index (χ1) is 63.6. The Morgan fingerprint density at radius 2 is 1.18 bits per heavy atom. The molecule has 3 aromatic carbocycles. The molecule has 0 spiro atoms. The van der Waals surface area contributed by atoms with E-state index in [-0.39, 0.29) is 94.0 Å². The number of aromatic amines is 1. The average molecular weight is 1890 g/mol. The van der Waals surface area contributed by atoms with Crippen LogP contribution in [0.25, 0.3) is 27.9 Å². The molecule has 0 unspecified atom stereocenters. The molecule has 5 heterocycles. The van der Waals surface area contributed by atoms with E-state index < -0.39 is 247 Å². The summed E-state index contributed by atoms with van der Waals surface area (Å²) < 4.78 is 1.39. The van der Waals surface area contributed by atoms with Gasteiger partial charge in [-0.2, -0.15) is 0 Å². The number of aliphatic hydroxyl groups is 1. The number of hydrogen-bond donors (Lipinski definition) is 18. The number of carboxylic acids is 2. The fraction of sp³-hybridized carbons (Fsp3) is 0.538. The Morgan fingerprint density at radius 1 is 0.590 bits per heavy atom. The van der Waals surface area contributed by atoms with Gasteiger partial charge in [-0.3, -0.25) is 86.3 Å². The fourth-order valence-electron chi connectivity index (χ4n) is 16.4. The number of carbonyl (C=O) groups is 18. The number of aromatic nitrogens is 2. The van der Waals surface area contributed by atoms with E-state index in [2.05, 4.69) is 58.2 Å². The van der Waals surface area contributed by atoms with Gasteiger partial charge in [-0.15, -0.1) is 11.8 Å². The maximum atomic E-state index is 15.9. The van der Waals surface area contributed by atoms with Gasteiger partial charge in [-0.05, 0) is 112 Å². The molecule has 0 radical (unpaired) electrons.